The van der Waals surface area contributed by atoms with E-state index in [1.54, 1.807) is 11.8 Å². The number of halogens is 1. The van der Waals surface area contributed by atoms with E-state index in [-0.39, 0.29) is 0 Å². The third-order valence-electron chi connectivity index (χ3n) is 2.15. The number of nitrogens with two attached hydrogens (primary N) is 1. The highest BCUT2D eigenvalue weighted by Gasteiger charge is 2.01. The van der Waals surface area contributed by atoms with Crippen molar-refractivity contribution in [1.29, 1.82) is 0 Å². The second kappa shape index (κ2) is 5.38. The first-order chi connectivity index (χ1) is 8.13. The highest BCUT2D eigenvalue weighted by molar-refractivity contribution is 7.98. The summed E-state index contributed by atoms with van der Waals surface area (Å²) in [5, 5.41) is 1.64. The Bertz CT molecular complexity index is 493. The second-order valence-electron chi connectivity index (χ2n) is 3.62. The van der Waals surface area contributed by atoms with Gasteiger partial charge in [0, 0.05) is 16.5 Å². The first kappa shape index (κ1) is 12.2. The fourth-order valence-corrected chi connectivity index (χ4v) is 2.42. The van der Waals surface area contributed by atoms with E-state index in [4.69, 9.17) is 17.3 Å². The summed E-state index contributed by atoms with van der Waals surface area (Å²) in [4.78, 5) is 8.21. The largest absolute Gasteiger partial charge is 0.368 e. The third kappa shape index (κ3) is 3.61. The zero-order valence-electron chi connectivity index (χ0n) is 9.35. The molecule has 3 nitrogen and oxygen atoms in total. The number of hydrogen-bond acceptors (Lipinski definition) is 4. The number of aromatic nitrogens is 2. The lowest BCUT2D eigenvalue weighted by molar-refractivity contribution is 1.02. The Labute approximate surface area is 109 Å². The van der Waals surface area contributed by atoms with Crippen LogP contribution in [0.3, 0.4) is 0 Å². The maximum atomic E-state index is 5.83. The molecule has 0 radical (unpaired) electrons. The molecular formula is C12H12ClN3S. The normalized spacial score (nSPS) is 10.5. The van der Waals surface area contributed by atoms with Crippen molar-refractivity contribution < 1.29 is 0 Å². The average molecular weight is 266 g/mol. The van der Waals surface area contributed by atoms with Crippen LogP contribution in [0.25, 0.3) is 0 Å². The molecule has 0 atom stereocenters. The molecule has 1 aromatic heterocycles. The van der Waals surface area contributed by atoms with Gasteiger partial charge in [-0.15, -0.1) is 11.8 Å². The van der Waals surface area contributed by atoms with Gasteiger partial charge in [-0.3, -0.25) is 0 Å². The quantitative estimate of drug-likeness (QED) is 0.683. The molecule has 0 bridgehead atoms. The van der Waals surface area contributed by atoms with E-state index in [0.717, 1.165) is 21.5 Å². The zero-order chi connectivity index (χ0) is 12.3. The Balaban J connectivity index is 2.04. The van der Waals surface area contributed by atoms with Gasteiger partial charge in [-0.1, -0.05) is 23.7 Å². The van der Waals surface area contributed by atoms with Gasteiger partial charge in [0.05, 0.1) is 0 Å². The van der Waals surface area contributed by atoms with Crippen molar-refractivity contribution >= 4 is 29.3 Å². The van der Waals surface area contributed by atoms with Crippen LogP contribution in [-0.2, 0) is 5.75 Å². The van der Waals surface area contributed by atoms with Crippen LogP contribution in [0, 0.1) is 6.92 Å². The summed E-state index contributed by atoms with van der Waals surface area (Å²) in [7, 11) is 0. The number of benzene rings is 1. The smallest absolute Gasteiger partial charge is 0.221 e. The summed E-state index contributed by atoms with van der Waals surface area (Å²) < 4.78 is 0. The van der Waals surface area contributed by atoms with Crippen LogP contribution in [0.4, 0.5) is 5.95 Å². The first-order valence-corrected chi connectivity index (χ1v) is 6.48. The van der Waals surface area contributed by atoms with Crippen molar-refractivity contribution in [3.63, 3.8) is 0 Å². The Kier molecular flexibility index (Phi) is 3.86. The van der Waals surface area contributed by atoms with Crippen LogP contribution >= 0.6 is 23.4 Å². The van der Waals surface area contributed by atoms with Gasteiger partial charge in [0.15, 0.2) is 0 Å². The molecule has 0 spiro atoms. The summed E-state index contributed by atoms with van der Waals surface area (Å²) in [6.45, 7) is 1.91. The highest BCUT2D eigenvalue weighted by Crippen LogP contribution is 2.22. The molecule has 2 N–H and O–H groups in total. The molecule has 1 aromatic carbocycles. The summed E-state index contributed by atoms with van der Waals surface area (Å²) >= 11 is 7.46. The van der Waals surface area contributed by atoms with Gasteiger partial charge in [0.2, 0.25) is 5.95 Å². The third-order valence-corrected chi connectivity index (χ3v) is 3.38. The van der Waals surface area contributed by atoms with E-state index >= 15 is 0 Å². The van der Waals surface area contributed by atoms with E-state index in [0.29, 0.717) is 5.95 Å². The van der Waals surface area contributed by atoms with Gasteiger partial charge in [0.25, 0.3) is 0 Å². The number of nitrogens with zero attached hydrogens (tertiary/aromatic N) is 2. The molecule has 88 valence electrons. The number of nitrogen functional groups attached to an aromatic ring is 1. The molecule has 0 unspecified atom stereocenters. The molecule has 1 heterocycles. The monoisotopic (exact) mass is 265 g/mol. The summed E-state index contributed by atoms with van der Waals surface area (Å²) in [6, 6.07) is 9.71. The summed E-state index contributed by atoms with van der Waals surface area (Å²) in [5.74, 6) is 1.16. The lowest BCUT2D eigenvalue weighted by Gasteiger charge is -2.03. The van der Waals surface area contributed by atoms with Crippen LogP contribution in [0.15, 0.2) is 35.4 Å². The lowest BCUT2D eigenvalue weighted by atomic mass is 10.2. The molecular weight excluding hydrogens is 254 g/mol. The molecule has 0 aliphatic rings. The van der Waals surface area contributed by atoms with Crippen molar-refractivity contribution in [3.05, 3.63) is 46.6 Å². The highest BCUT2D eigenvalue weighted by atomic mass is 35.5. The predicted molar refractivity (Wildman–Crippen MR) is 72.2 cm³/mol. The van der Waals surface area contributed by atoms with Crippen LogP contribution in [0.1, 0.15) is 11.3 Å². The van der Waals surface area contributed by atoms with Gasteiger partial charge in [0.1, 0.15) is 5.03 Å². The van der Waals surface area contributed by atoms with Gasteiger partial charge in [-0.05, 0) is 30.7 Å². The average Bonchev–Trinajstić information content (AvgIpc) is 2.27. The Morgan fingerprint density at radius 3 is 2.59 bits per heavy atom. The van der Waals surface area contributed by atoms with Crippen molar-refractivity contribution in [2.75, 3.05) is 5.73 Å². The van der Waals surface area contributed by atoms with Crippen molar-refractivity contribution in [2.24, 2.45) is 0 Å². The van der Waals surface area contributed by atoms with Gasteiger partial charge >= 0.3 is 0 Å². The topological polar surface area (TPSA) is 51.8 Å². The molecule has 0 amide bonds. The summed E-state index contributed by atoms with van der Waals surface area (Å²) in [6.07, 6.45) is 0. The lowest BCUT2D eigenvalue weighted by Crippen LogP contribution is -1.97. The number of anilines is 1. The van der Waals surface area contributed by atoms with Crippen molar-refractivity contribution in [1.82, 2.24) is 9.97 Å². The Morgan fingerprint density at radius 1 is 1.24 bits per heavy atom. The maximum Gasteiger partial charge on any atom is 0.221 e. The molecule has 0 fully saturated rings. The molecule has 0 aliphatic carbocycles. The maximum absolute atomic E-state index is 5.83. The Hall–Kier alpha value is -1.26. The molecule has 0 aliphatic heterocycles. The molecule has 17 heavy (non-hydrogen) atoms. The molecule has 0 saturated heterocycles. The predicted octanol–water partition coefficient (Wildman–Crippen LogP) is 3.31. The number of thioether (sulfide) groups is 1. The minimum atomic E-state index is 0.323. The minimum Gasteiger partial charge on any atom is -0.368 e. The van der Waals surface area contributed by atoms with Crippen LogP contribution in [0.5, 0.6) is 0 Å². The van der Waals surface area contributed by atoms with Crippen LogP contribution in [0.2, 0.25) is 5.02 Å². The second-order valence-corrected chi connectivity index (χ2v) is 5.05. The van der Waals surface area contributed by atoms with E-state index in [1.165, 1.54) is 5.56 Å². The molecule has 2 rings (SSSR count). The standard InChI is InChI=1S/C12H12ClN3S/c1-8-6-11(16-12(14)15-8)17-7-9-2-4-10(13)5-3-9/h2-6H,7H2,1H3,(H2,14,15,16). The zero-order valence-corrected chi connectivity index (χ0v) is 10.9. The van der Waals surface area contributed by atoms with Crippen LogP contribution in [-0.4, -0.2) is 9.97 Å². The van der Waals surface area contributed by atoms with Gasteiger partial charge in [-0.25, -0.2) is 9.97 Å². The number of aryl methyl sites for hydroxylation is 1. The number of hydrogen-bond donors (Lipinski definition) is 1. The SMILES string of the molecule is Cc1cc(SCc2ccc(Cl)cc2)nc(N)n1. The molecule has 2 aromatic rings. The fourth-order valence-electron chi connectivity index (χ4n) is 1.37. The van der Waals surface area contributed by atoms with E-state index < -0.39 is 0 Å². The molecule has 0 saturated carbocycles. The van der Waals surface area contributed by atoms with Gasteiger partial charge < -0.3 is 5.73 Å². The minimum absolute atomic E-state index is 0.323. The van der Waals surface area contributed by atoms with Crippen LogP contribution < -0.4 is 5.73 Å². The van der Waals surface area contributed by atoms with E-state index in [2.05, 4.69) is 9.97 Å². The first-order valence-electron chi connectivity index (χ1n) is 5.12. The summed E-state index contributed by atoms with van der Waals surface area (Å²) in [5.41, 5.74) is 7.68. The fraction of sp³-hybridized carbons (Fsp3) is 0.167. The van der Waals surface area contributed by atoms with Crippen molar-refractivity contribution in [3.8, 4) is 0 Å². The van der Waals surface area contributed by atoms with Gasteiger partial charge in [-0.2, -0.15) is 0 Å². The van der Waals surface area contributed by atoms with E-state index in [1.807, 2.05) is 37.3 Å². The Morgan fingerprint density at radius 2 is 1.94 bits per heavy atom. The number of rotatable bonds is 3. The van der Waals surface area contributed by atoms with Crippen molar-refractivity contribution in [2.45, 2.75) is 17.7 Å². The van der Waals surface area contributed by atoms with E-state index in [9.17, 15) is 0 Å². The molecule has 5 heteroatoms.